The van der Waals surface area contributed by atoms with Gasteiger partial charge in [-0.2, -0.15) is 0 Å². The molecule has 0 radical (unpaired) electrons. The van der Waals surface area contributed by atoms with Crippen molar-refractivity contribution < 1.29 is 9.21 Å². The SMILES string of the molecule is NCc1cc(C(=O)NCCCn2cnc3ccccc32)co1. The van der Waals surface area contributed by atoms with E-state index in [0.717, 1.165) is 24.0 Å². The highest BCUT2D eigenvalue weighted by Gasteiger charge is 2.09. The monoisotopic (exact) mass is 298 g/mol. The van der Waals surface area contributed by atoms with E-state index in [1.165, 1.54) is 6.26 Å². The highest BCUT2D eigenvalue weighted by atomic mass is 16.3. The summed E-state index contributed by atoms with van der Waals surface area (Å²) in [5.74, 6) is 0.467. The Morgan fingerprint density at radius 1 is 1.36 bits per heavy atom. The van der Waals surface area contributed by atoms with E-state index >= 15 is 0 Å². The highest BCUT2D eigenvalue weighted by Crippen LogP contribution is 2.12. The van der Waals surface area contributed by atoms with Crippen molar-refractivity contribution in [3.63, 3.8) is 0 Å². The van der Waals surface area contributed by atoms with Crippen LogP contribution in [0.25, 0.3) is 11.0 Å². The number of carbonyl (C=O) groups is 1. The quantitative estimate of drug-likeness (QED) is 0.681. The molecule has 114 valence electrons. The van der Waals surface area contributed by atoms with Crippen molar-refractivity contribution >= 4 is 16.9 Å². The van der Waals surface area contributed by atoms with Crippen molar-refractivity contribution in [2.75, 3.05) is 6.54 Å². The Hall–Kier alpha value is -2.60. The van der Waals surface area contributed by atoms with E-state index in [4.69, 9.17) is 10.2 Å². The number of furan rings is 1. The number of nitrogens with one attached hydrogen (secondary N) is 1. The summed E-state index contributed by atoms with van der Waals surface area (Å²) >= 11 is 0. The molecule has 0 aliphatic heterocycles. The van der Waals surface area contributed by atoms with Gasteiger partial charge in [0, 0.05) is 13.1 Å². The Kier molecular flexibility index (Phi) is 4.20. The number of fused-ring (bicyclic) bond motifs is 1. The molecule has 22 heavy (non-hydrogen) atoms. The smallest absolute Gasteiger partial charge is 0.254 e. The Bertz CT molecular complexity index is 775. The maximum atomic E-state index is 11.9. The largest absolute Gasteiger partial charge is 0.467 e. The van der Waals surface area contributed by atoms with E-state index in [-0.39, 0.29) is 5.91 Å². The molecule has 0 bridgehead atoms. The van der Waals surface area contributed by atoms with Crippen LogP contribution in [0.2, 0.25) is 0 Å². The molecule has 2 aromatic heterocycles. The van der Waals surface area contributed by atoms with Crippen molar-refractivity contribution in [3.05, 3.63) is 54.2 Å². The van der Waals surface area contributed by atoms with Crippen LogP contribution < -0.4 is 11.1 Å². The summed E-state index contributed by atoms with van der Waals surface area (Å²) in [6, 6.07) is 9.66. The molecule has 3 N–H and O–H groups in total. The van der Waals surface area contributed by atoms with Crippen LogP contribution in [0, 0.1) is 0 Å². The van der Waals surface area contributed by atoms with E-state index in [1.54, 1.807) is 6.07 Å². The summed E-state index contributed by atoms with van der Waals surface area (Å²) in [5.41, 5.74) is 8.05. The molecule has 1 amide bonds. The van der Waals surface area contributed by atoms with Crippen LogP contribution in [0.1, 0.15) is 22.5 Å². The van der Waals surface area contributed by atoms with E-state index in [0.29, 0.717) is 24.4 Å². The fraction of sp³-hybridized carbons (Fsp3) is 0.250. The summed E-state index contributed by atoms with van der Waals surface area (Å²) in [7, 11) is 0. The number of benzene rings is 1. The van der Waals surface area contributed by atoms with Gasteiger partial charge in [-0.15, -0.1) is 0 Å². The fourth-order valence-corrected chi connectivity index (χ4v) is 2.35. The number of amides is 1. The third-order valence-electron chi connectivity index (χ3n) is 3.51. The van der Waals surface area contributed by atoms with Gasteiger partial charge in [-0.25, -0.2) is 4.98 Å². The van der Waals surface area contributed by atoms with Gasteiger partial charge in [0.05, 0.1) is 29.5 Å². The molecular formula is C16H18N4O2. The zero-order valence-electron chi connectivity index (χ0n) is 12.2. The first-order valence-corrected chi connectivity index (χ1v) is 7.23. The molecule has 3 aromatic rings. The van der Waals surface area contributed by atoms with Crippen molar-refractivity contribution in [1.82, 2.24) is 14.9 Å². The van der Waals surface area contributed by atoms with Gasteiger partial charge in [-0.05, 0) is 24.6 Å². The Morgan fingerprint density at radius 2 is 2.23 bits per heavy atom. The van der Waals surface area contributed by atoms with E-state index in [2.05, 4.69) is 14.9 Å². The summed E-state index contributed by atoms with van der Waals surface area (Å²) in [4.78, 5) is 16.3. The molecule has 0 saturated carbocycles. The summed E-state index contributed by atoms with van der Waals surface area (Å²) in [5, 5.41) is 2.87. The third kappa shape index (κ3) is 3.01. The van der Waals surface area contributed by atoms with Gasteiger partial charge >= 0.3 is 0 Å². The Labute approximate surface area is 127 Å². The van der Waals surface area contributed by atoms with Gasteiger partial charge in [0.1, 0.15) is 12.0 Å². The van der Waals surface area contributed by atoms with Crippen molar-refractivity contribution in [2.45, 2.75) is 19.5 Å². The summed E-state index contributed by atoms with van der Waals surface area (Å²) in [6.07, 6.45) is 4.09. The first kappa shape index (κ1) is 14.3. The van der Waals surface area contributed by atoms with Gasteiger partial charge < -0.3 is 20.0 Å². The Morgan fingerprint density at radius 3 is 3.05 bits per heavy atom. The van der Waals surface area contributed by atoms with Gasteiger partial charge in [0.25, 0.3) is 5.91 Å². The zero-order valence-corrected chi connectivity index (χ0v) is 12.2. The van der Waals surface area contributed by atoms with Gasteiger partial charge in [-0.1, -0.05) is 12.1 Å². The second kappa shape index (κ2) is 6.44. The number of hydrogen-bond donors (Lipinski definition) is 2. The van der Waals surface area contributed by atoms with Crippen molar-refractivity contribution in [1.29, 1.82) is 0 Å². The molecule has 0 saturated heterocycles. The van der Waals surface area contributed by atoms with Crippen molar-refractivity contribution in [2.24, 2.45) is 5.73 Å². The van der Waals surface area contributed by atoms with Gasteiger partial charge in [0.15, 0.2) is 0 Å². The molecule has 6 nitrogen and oxygen atoms in total. The lowest BCUT2D eigenvalue weighted by molar-refractivity contribution is 0.0952. The van der Waals surface area contributed by atoms with Crippen LogP contribution in [0.15, 0.2) is 47.3 Å². The van der Waals surface area contributed by atoms with Crippen molar-refractivity contribution in [3.8, 4) is 0 Å². The number of para-hydroxylation sites is 2. The molecule has 0 atom stereocenters. The maximum Gasteiger partial charge on any atom is 0.254 e. The second-order valence-electron chi connectivity index (χ2n) is 5.04. The molecule has 0 unspecified atom stereocenters. The predicted octanol–water partition coefficient (Wildman–Crippen LogP) is 1.91. The second-order valence-corrected chi connectivity index (χ2v) is 5.04. The van der Waals surface area contributed by atoms with Crippen LogP contribution in [-0.2, 0) is 13.1 Å². The topological polar surface area (TPSA) is 86.1 Å². The number of aryl methyl sites for hydroxylation is 1. The maximum absolute atomic E-state index is 11.9. The molecule has 6 heteroatoms. The number of rotatable bonds is 6. The van der Waals surface area contributed by atoms with Crippen LogP contribution in [-0.4, -0.2) is 22.0 Å². The van der Waals surface area contributed by atoms with Gasteiger partial charge in [0.2, 0.25) is 0 Å². The lowest BCUT2D eigenvalue weighted by Crippen LogP contribution is -2.24. The molecular weight excluding hydrogens is 280 g/mol. The minimum Gasteiger partial charge on any atom is -0.467 e. The molecule has 0 aliphatic carbocycles. The Balaban J connectivity index is 1.50. The van der Waals surface area contributed by atoms with Crippen LogP contribution in [0.3, 0.4) is 0 Å². The number of nitrogens with zero attached hydrogens (tertiary/aromatic N) is 2. The number of imidazole rings is 1. The standard InChI is InChI=1S/C16H18N4O2/c17-9-13-8-12(10-22-13)16(21)18-6-3-7-20-11-19-14-4-1-2-5-15(14)20/h1-2,4-5,8,10-11H,3,6-7,9,17H2,(H,18,21). The van der Waals surface area contributed by atoms with E-state index in [9.17, 15) is 4.79 Å². The molecule has 3 rings (SSSR count). The average Bonchev–Trinajstić information content (AvgIpc) is 3.18. The predicted molar refractivity (Wildman–Crippen MR) is 83.3 cm³/mol. The normalized spacial score (nSPS) is 11.0. The molecule has 1 aromatic carbocycles. The number of nitrogens with two attached hydrogens (primary N) is 1. The lowest BCUT2D eigenvalue weighted by atomic mass is 10.3. The third-order valence-corrected chi connectivity index (χ3v) is 3.51. The first-order valence-electron chi connectivity index (χ1n) is 7.23. The lowest BCUT2D eigenvalue weighted by Gasteiger charge is -2.05. The number of hydrogen-bond acceptors (Lipinski definition) is 4. The molecule has 0 aliphatic rings. The first-order chi connectivity index (χ1) is 10.8. The van der Waals surface area contributed by atoms with Crippen LogP contribution >= 0.6 is 0 Å². The zero-order chi connectivity index (χ0) is 15.4. The minimum absolute atomic E-state index is 0.140. The fourth-order valence-electron chi connectivity index (χ4n) is 2.35. The molecule has 2 heterocycles. The summed E-state index contributed by atoms with van der Waals surface area (Å²) in [6.45, 7) is 1.69. The molecule has 0 spiro atoms. The van der Waals surface area contributed by atoms with E-state index in [1.807, 2.05) is 30.6 Å². The van der Waals surface area contributed by atoms with Gasteiger partial charge in [-0.3, -0.25) is 4.79 Å². The number of carbonyl (C=O) groups excluding carboxylic acids is 1. The highest BCUT2D eigenvalue weighted by molar-refractivity contribution is 5.93. The average molecular weight is 298 g/mol. The van der Waals surface area contributed by atoms with E-state index < -0.39 is 0 Å². The van der Waals surface area contributed by atoms with Crippen LogP contribution in [0.4, 0.5) is 0 Å². The molecule has 0 fully saturated rings. The number of aromatic nitrogens is 2. The van der Waals surface area contributed by atoms with Crippen LogP contribution in [0.5, 0.6) is 0 Å². The summed E-state index contributed by atoms with van der Waals surface area (Å²) < 4.78 is 7.24. The minimum atomic E-state index is -0.140.